The SMILES string of the molecule is O=[N+]([O-])c1ccc(Nc2cc(-c3ccccc3)nc(NCCCO)n2)cc1. The fourth-order valence-electron chi connectivity index (χ4n) is 2.44. The Morgan fingerprint density at radius 3 is 2.44 bits per heavy atom. The van der Waals surface area contributed by atoms with E-state index in [9.17, 15) is 10.1 Å². The number of aromatic nitrogens is 2. The Balaban J connectivity index is 1.88. The summed E-state index contributed by atoms with van der Waals surface area (Å²) in [5.41, 5.74) is 2.39. The normalized spacial score (nSPS) is 10.4. The van der Waals surface area contributed by atoms with Crippen LogP contribution in [0.4, 0.5) is 23.1 Å². The van der Waals surface area contributed by atoms with Gasteiger partial charge in [-0.05, 0) is 18.6 Å². The second-order valence-electron chi connectivity index (χ2n) is 5.76. The lowest BCUT2D eigenvalue weighted by molar-refractivity contribution is -0.384. The van der Waals surface area contributed by atoms with Crippen LogP contribution in [0, 0.1) is 10.1 Å². The highest BCUT2D eigenvalue weighted by atomic mass is 16.6. The Kier molecular flexibility index (Phi) is 5.91. The highest BCUT2D eigenvalue weighted by Gasteiger charge is 2.08. The first-order valence-electron chi connectivity index (χ1n) is 8.46. The number of nitrogens with zero attached hydrogens (tertiary/aromatic N) is 3. The Bertz CT molecular complexity index is 901. The van der Waals surface area contributed by atoms with E-state index < -0.39 is 4.92 Å². The lowest BCUT2D eigenvalue weighted by Gasteiger charge is -2.11. The van der Waals surface area contributed by atoms with Gasteiger partial charge in [-0.25, -0.2) is 4.98 Å². The Morgan fingerprint density at radius 2 is 1.78 bits per heavy atom. The van der Waals surface area contributed by atoms with Gasteiger partial charge in [0.2, 0.25) is 5.95 Å². The van der Waals surface area contributed by atoms with Crippen LogP contribution in [0.25, 0.3) is 11.3 Å². The number of non-ortho nitro benzene ring substituents is 1. The van der Waals surface area contributed by atoms with Crippen LogP contribution < -0.4 is 10.6 Å². The van der Waals surface area contributed by atoms with E-state index in [-0.39, 0.29) is 12.3 Å². The van der Waals surface area contributed by atoms with Crippen molar-refractivity contribution in [3.05, 3.63) is 70.8 Å². The molecule has 0 radical (unpaired) electrons. The van der Waals surface area contributed by atoms with E-state index in [4.69, 9.17) is 5.11 Å². The quantitative estimate of drug-likeness (QED) is 0.317. The second-order valence-corrected chi connectivity index (χ2v) is 5.76. The predicted molar refractivity (Wildman–Crippen MR) is 104 cm³/mol. The van der Waals surface area contributed by atoms with Crippen molar-refractivity contribution in [1.82, 2.24) is 9.97 Å². The molecule has 1 heterocycles. The minimum atomic E-state index is -0.439. The number of aliphatic hydroxyl groups excluding tert-OH is 1. The molecule has 0 saturated heterocycles. The Labute approximate surface area is 156 Å². The third kappa shape index (κ3) is 4.99. The van der Waals surface area contributed by atoms with E-state index >= 15 is 0 Å². The van der Waals surface area contributed by atoms with Crippen LogP contribution >= 0.6 is 0 Å². The van der Waals surface area contributed by atoms with Gasteiger partial charge >= 0.3 is 0 Å². The molecule has 0 atom stereocenters. The molecule has 2 aromatic carbocycles. The van der Waals surface area contributed by atoms with Gasteiger partial charge in [0.25, 0.3) is 5.69 Å². The first-order chi connectivity index (χ1) is 13.2. The maximum atomic E-state index is 10.8. The van der Waals surface area contributed by atoms with Crippen molar-refractivity contribution in [1.29, 1.82) is 0 Å². The maximum Gasteiger partial charge on any atom is 0.269 e. The minimum absolute atomic E-state index is 0.0274. The van der Waals surface area contributed by atoms with Crippen molar-refractivity contribution in [2.24, 2.45) is 0 Å². The monoisotopic (exact) mass is 365 g/mol. The molecular weight excluding hydrogens is 346 g/mol. The molecule has 3 rings (SSSR count). The zero-order valence-electron chi connectivity index (χ0n) is 14.5. The molecule has 0 bridgehead atoms. The molecular formula is C19H19N5O3. The largest absolute Gasteiger partial charge is 0.396 e. The first kappa shape index (κ1) is 18.3. The lowest BCUT2D eigenvalue weighted by Crippen LogP contribution is -2.08. The van der Waals surface area contributed by atoms with Crippen molar-refractivity contribution in [2.75, 3.05) is 23.8 Å². The van der Waals surface area contributed by atoms with Gasteiger partial charge in [-0.1, -0.05) is 30.3 Å². The molecule has 8 heteroatoms. The number of nitrogens with one attached hydrogen (secondary N) is 2. The molecule has 8 nitrogen and oxygen atoms in total. The van der Waals surface area contributed by atoms with E-state index in [1.165, 1.54) is 12.1 Å². The number of hydrogen-bond acceptors (Lipinski definition) is 7. The molecule has 3 aromatic rings. The van der Waals surface area contributed by atoms with Crippen LogP contribution in [0.3, 0.4) is 0 Å². The fourth-order valence-corrected chi connectivity index (χ4v) is 2.44. The van der Waals surface area contributed by atoms with Crippen LogP contribution in [0.15, 0.2) is 60.7 Å². The molecule has 1 aromatic heterocycles. The summed E-state index contributed by atoms with van der Waals surface area (Å²) in [6.45, 7) is 0.630. The third-order valence-corrected chi connectivity index (χ3v) is 3.76. The van der Waals surface area contributed by atoms with Gasteiger partial charge in [-0.2, -0.15) is 4.98 Å². The second kappa shape index (κ2) is 8.72. The summed E-state index contributed by atoms with van der Waals surface area (Å²) in [6, 6.07) is 17.6. The van der Waals surface area contributed by atoms with Crippen molar-refractivity contribution in [3.8, 4) is 11.3 Å². The molecule has 3 N–H and O–H groups in total. The van der Waals surface area contributed by atoms with Gasteiger partial charge in [-0.3, -0.25) is 10.1 Å². The predicted octanol–water partition coefficient (Wildman–Crippen LogP) is 3.59. The van der Waals surface area contributed by atoms with Gasteiger partial charge in [0.1, 0.15) is 5.82 Å². The van der Waals surface area contributed by atoms with Crippen molar-refractivity contribution >= 4 is 23.1 Å². The Hall–Kier alpha value is -3.52. The average molecular weight is 365 g/mol. The standard InChI is InChI=1S/C19H19N5O3/c25-12-4-11-20-19-22-17(14-5-2-1-3-6-14)13-18(23-19)21-15-7-9-16(10-8-15)24(26)27/h1-3,5-10,13,25H,4,11-12H2,(H2,20,21,22,23). The third-order valence-electron chi connectivity index (χ3n) is 3.76. The van der Waals surface area contributed by atoms with Crippen molar-refractivity contribution < 1.29 is 10.0 Å². The molecule has 27 heavy (non-hydrogen) atoms. The van der Waals surface area contributed by atoms with E-state index in [2.05, 4.69) is 20.6 Å². The van der Waals surface area contributed by atoms with Gasteiger partial charge in [0.15, 0.2) is 0 Å². The van der Waals surface area contributed by atoms with E-state index in [0.29, 0.717) is 30.4 Å². The molecule has 0 fully saturated rings. The van der Waals surface area contributed by atoms with Crippen LogP contribution in [-0.4, -0.2) is 33.1 Å². The highest BCUT2D eigenvalue weighted by molar-refractivity contribution is 5.67. The number of rotatable bonds is 8. The summed E-state index contributed by atoms with van der Waals surface area (Å²) >= 11 is 0. The van der Waals surface area contributed by atoms with Gasteiger partial charge in [-0.15, -0.1) is 0 Å². The molecule has 0 aliphatic carbocycles. The molecule has 0 aliphatic heterocycles. The number of aliphatic hydroxyl groups is 1. The highest BCUT2D eigenvalue weighted by Crippen LogP contribution is 2.24. The van der Waals surface area contributed by atoms with Crippen molar-refractivity contribution in [2.45, 2.75) is 6.42 Å². The first-order valence-corrected chi connectivity index (χ1v) is 8.46. The molecule has 138 valence electrons. The van der Waals surface area contributed by atoms with E-state index in [1.54, 1.807) is 12.1 Å². The average Bonchev–Trinajstić information content (AvgIpc) is 2.69. The topological polar surface area (TPSA) is 113 Å². The molecule has 0 amide bonds. The Morgan fingerprint density at radius 1 is 1.04 bits per heavy atom. The number of anilines is 3. The summed E-state index contributed by atoms with van der Waals surface area (Å²) in [6.07, 6.45) is 0.587. The lowest BCUT2D eigenvalue weighted by atomic mass is 10.1. The summed E-state index contributed by atoms with van der Waals surface area (Å²) in [5.74, 6) is 0.999. The van der Waals surface area contributed by atoms with Crippen molar-refractivity contribution in [3.63, 3.8) is 0 Å². The summed E-state index contributed by atoms with van der Waals surface area (Å²) in [4.78, 5) is 19.3. The molecule has 0 unspecified atom stereocenters. The van der Waals surface area contributed by atoms with Crippen LogP contribution in [0.2, 0.25) is 0 Å². The van der Waals surface area contributed by atoms with Crippen LogP contribution in [-0.2, 0) is 0 Å². The van der Waals surface area contributed by atoms with E-state index in [1.807, 2.05) is 36.4 Å². The van der Waals surface area contributed by atoms with Crippen LogP contribution in [0.1, 0.15) is 6.42 Å². The zero-order valence-corrected chi connectivity index (χ0v) is 14.5. The number of nitro groups is 1. The minimum Gasteiger partial charge on any atom is -0.396 e. The van der Waals surface area contributed by atoms with E-state index in [0.717, 1.165) is 11.3 Å². The summed E-state index contributed by atoms with van der Waals surface area (Å²) < 4.78 is 0. The summed E-state index contributed by atoms with van der Waals surface area (Å²) in [5, 5.41) is 26.0. The fraction of sp³-hybridized carbons (Fsp3) is 0.158. The maximum absolute atomic E-state index is 10.8. The van der Waals surface area contributed by atoms with Gasteiger partial charge < -0.3 is 15.7 Å². The number of benzene rings is 2. The smallest absolute Gasteiger partial charge is 0.269 e. The number of hydrogen-bond donors (Lipinski definition) is 3. The molecule has 0 aliphatic rings. The molecule has 0 spiro atoms. The van der Waals surface area contributed by atoms with Gasteiger partial charge in [0, 0.05) is 42.6 Å². The number of nitro benzene ring substituents is 1. The van der Waals surface area contributed by atoms with Gasteiger partial charge in [0.05, 0.1) is 10.6 Å². The zero-order chi connectivity index (χ0) is 19.1. The van der Waals surface area contributed by atoms with Crippen LogP contribution in [0.5, 0.6) is 0 Å². The summed E-state index contributed by atoms with van der Waals surface area (Å²) in [7, 11) is 0. The molecule has 0 saturated carbocycles.